The smallest absolute Gasteiger partial charge is 0.387 e. The second-order valence-electron chi connectivity index (χ2n) is 10.8. The van der Waals surface area contributed by atoms with Crippen LogP contribution in [0.4, 0.5) is 5.82 Å². The van der Waals surface area contributed by atoms with Crippen LogP contribution in [0.25, 0.3) is 0 Å². The molecule has 2 heterocycles. The molecular formula is C28H52N3O10P. The van der Waals surface area contributed by atoms with Gasteiger partial charge >= 0.3 is 13.5 Å². The molecule has 0 aliphatic carbocycles. The number of aliphatic hydroxyl groups excluding tert-OH is 2. The predicted molar refractivity (Wildman–Crippen MR) is 157 cm³/mol. The third kappa shape index (κ3) is 14.4. The fourth-order valence-corrected chi connectivity index (χ4v) is 5.58. The predicted octanol–water partition coefficient (Wildman–Crippen LogP) is 4.69. The normalized spacial score (nSPS) is 21.9. The Hall–Kier alpha value is -1.41. The van der Waals surface area contributed by atoms with Gasteiger partial charge in [-0.15, -0.1) is 0 Å². The highest BCUT2D eigenvalue weighted by Crippen LogP contribution is 2.44. The molecule has 1 unspecified atom stereocenters. The molecule has 2 rings (SSSR count). The van der Waals surface area contributed by atoms with Crippen molar-refractivity contribution >= 4 is 13.6 Å². The van der Waals surface area contributed by atoms with Crippen LogP contribution in [0.5, 0.6) is 0 Å². The van der Waals surface area contributed by atoms with Gasteiger partial charge < -0.3 is 24.6 Å². The lowest BCUT2D eigenvalue weighted by Crippen LogP contribution is -2.36. The lowest BCUT2D eigenvalue weighted by molar-refractivity contribution is -0.0552. The molecule has 42 heavy (non-hydrogen) atoms. The molecule has 244 valence electrons. The number of anilines is 1. The Kier molecular flexibility index (Phi) is 18.7. The van der Waals surface area contributed by atoms with E-state index >= 15 is 0 Å². The Bertz CT molecular complexity index is 953. The van der Waals surface area contributed by atoms with Gasteiger partial charge in [0, 0.05) is 19.4 Å². The zero-order chi connectivity index (χ0) is 30.6. The second-order valence-corrected chi connectivity index (χ2v) is 12.3. The van der Waals surface area contributed by atoms with Crippen molar-refractivity contribution in [2.24, 2.45) is 0 Å². The highest BCUT2D eigenvalue weighted by atomic mass is 31.2. The molecule has 0 amide bonds. The highest BCUT2D eigenvalue weighted by Gasteiger charge is 2.45. The molecule has 0 saturated carbocycles. The summed E-state index contributed by atoms with van der Waals surface area (Å²) in [5.74, 6) is -0.109. The number of ether oxygens (including phenoxy) is 2. The van der Waals surface area contributed by atoms with E-state index in [-0.39, 0.29) is 12.4 Å². The molecule has 1 aliphatic rings. The average molecular weight is 622 g/mol. The van der Waals surface area contributed by atoms with Crippen LogP contribution >= 0.6 is 7.82 Å². The molecular weight excluding hydrogens is 569 g/mol. The van der Waals surface area contributed by atoms with E-state index in [4.69, 9.17) is 23.7 Å². The number of rotatable bonds is 25. The highest BCUT2D eigenvalue weighted by molar-refractivity contribution is 7.47. The largest absolute Gasteiger partial charge is 0.472 e. The lowest BCUT2D eigenvalue weighted by Gasteiger charge is -2.18. The zero-order valence-electron chi connectivity index (χ0n) is 25.0. The van der Waals surface area contributed by atoms with Gasteiger partial charge in [-0.1, -0.05) is 90.4 Å². The molecule has 13 nitrogen and oxygen atoms in total. The van der Waals surface area contributed by atoms with Gasteiger partial charge in [-0.05, 0) is 18.9 Å². The summed E-state index contributed by atoms with van der Waals surface area (Å²) in [4.78, 5) is 25.6. The maximum Gasteiger partial charge on any atom is 0.472 e. The molecule has 1 fully saturated rings. The fourth-order valence-electron chi connectivity index (χ4n) is 4.81. The number of hydrogen-bond donors (Lipinski definition) is 5. The van der Waals surface area contributed by atoms with Gasteiger partial charge in [0.1, 0.15) is 18.3 Å². The van der Waals surface area contributed by atoms with Crippen molar-refractivity contribution in [3.63, 3.8) is 0 Å². The number of aromatic nitrogens is 2. The third-order valence-corrected chi connectivity index (χ3v) is 8.27. The number of phosphoric ester groups is 1. The minimum Gasteiger partial charge on any atom is -0.387 e. The van der Waals surface area contributed by atoms with Crippen LogP contribution in [-0.4, -0.2) is 74.6 Å². The lowest BCUT2D eigenvalue weighted by atomic mass is 10.0. The Morgan fingerprint density at radius 3 is 2.02 bits per heavy atom. The zero-order valence-corrected chi connectivity index (χ0v) is 25.9. The Labute approximate surface area is 249 Å². The van der Waals surface area contributed by atoms with Gasteiger partial charge in [-0.25, -0.2) is 9.36 Å². The summed E-state index contributed by atoms with van der Waals surface area (Å²) >= 11 is 0. The monoisotopic (exact) mass is 621 g/mol. The summed E-state index contributed by atoms with van der Waals surface area (Å²) < 4.78 is 34.0. The van der Waals surface area contributed by atoms with Crippen molar-refractivity contribution in [3.05, 3.63) is 22.7 Å². The summed E-state index contributed by atoms with van der Waals surface area (Å²) in [6.45, 7) is 2.67. The Morgan fingerprint density at radius 1 is 0.881 bits per heavy atom. The Balaban J connectivity index is 1.46. The molecule has 0 spiro atoms. The minimum absolute atomic E-state index is 0.0574. The van der Waals surface area contributed by atoms with Crippen molar-refractivity contribution in [1.82, 2.24) is 9.55 Å². The average Bonchev–Trinajstić information content (AvgIpc) is 3.25. The summed E-state index contributed by atoms with van der Waals surface area (Å²) in [6.07, 6.45) is 14.3. The van der Waals surface area contributed by atoms with Crippen molar-refractivity contribution in [1.29, 1.82) is 0 Å². The molecule has 14 heteroatoms. The molecule has 5 atom stereocenters. The molecule has 1 aliphatic heterocycles. The topological polar surface area (TPSA) is 182 Å². The first kappa shape index (κ1) is 36.8. The van der Waals surface area contributed by atoms with Crippen LogP contribution in [-0.2, 0) is 23.1 Å². The molecule has 5 N–H and O–H groups in total. The van der Waals surface area contributed by atoms with Crippen LogP contribution in [0.1, 0.15) is 109 Å². The maximum atomic E-state index is 12.2. The van der Waals surface area contributed by atoms with Crippen molar-refractivity contribution in [3.8, 4) is 0 Å². The standard InChI is InChI=1S/C28H52N3O10P/c1-2-3-4-5-6-7-8-9-10-11-12-13-14-15-19-38-20-16-21-39-42(36,37)40-22-23-25(32)26(33)27(41-23)31-18-17-24(30-35)29-28(31)34/h17-18,23,25-27,32-33,35H,2-16,19-22H2,1H3,(H,36,37)(H,29,30,34)/t23-,25+,26+,27-/m1/s1. The molecule has 1 saturated heterocycles. The minimum atomic E-state index is -4.44. The van der Waals surface area contributed by atoms with Crippen molar-refractivity contribution < 1.29 is 43.4 Å². The van der Waals surface area contributed by atoms with Gasteiger partial charge in [0.05, 0.1) is 13.2 Å². The maximum absolute atomic E-state index is 12.2. The summed E-state index contributed by atoms with van der Waals surface area (Å²) in [6, 6.07) is 1.26. The second kappa shape index (κ2) is 21.3. The number of nitrogens with one attached hydrogen (secondary N) is 1. The van der Waals surface area contributed by atoms with Gasteiger partial charge in [-0.2, -0.15) is 4.98 Å². The number of nitrogens with zero attached hydrogens (tertiary/aromatic N) is 2. The van der Waals surface area contributed by atoms with Gasteiger partial charge in [-0.3, -0.25) is 24.3 Å². The first-order valence-corrected chi connectivity index (χ1v) is 17.0. The molecule has 0 aromatic carbocycles. The van der Waals surface area contributed by atoms with E-state index in [1.807, 2.05) is 0 Å². The number of unbranched alkanes of at least 4 members (excludes halogenated alkanes) is 13. The van der Waals surface area contributed by atoms with Crippen LogP contribution < -0.4 is 11.2 Å². The third-order valence-electron chi connectivity index (χ3n) is 7.29. The van der Waals surface area contributed by atoms with E-state index in [1.165, 1.54) is 89.3 Å². The molecule has 0 bridgehead atoms. The molecule has 0 radical (unpaired) electrons. The van der Waals surface area contributed by atoms with Gasteiger partial charge in [0.25, 0.3) is 0 Å². The van der Waals surface area contributed by atoms with Crippen LogP contribution in [0.15, 0.2) is 17.1 Å². The summed E-state index contributed by atoms with van der Waals surface area (Å²) in [7, 11) is -4.44. The van der Waals surface area contributed by atoms with Crippen molar-refractivity contribution in [2.45, 2.75) is 128 Å². The van der Waals surface area contributed by atoms with E-state index in [1.54, 1.807) is 5.48 Å². The van der Waals surface area contributed by atoms with E-state index in [2.05, 4.69) is 11.9 Å². The number of hydrogen-bond acceptors (Lipinski definition) is 11. The fraction of sp³-hybridized carbons (Fsp3) is 0.857. The first-order chi connectivity index (χ1) is 20.3. The number of aliphatic hydroxyl groups is 2. The van der Waals surface area contributed by atoms with E-state index in [9.17, 15) is 24.5 Å². The number of phosphoric acid groups is 1. The summed E-state index contributed by atoms with van der Waals surface area (Å²) in [5, 5.41) is 29.4. The van der Waals surface area contributed by atoms with Gasteiger partial charge in [0.15, 0.2) is 12.0 Å². The summed E-state index contributed by atoms with van der Waals surface area (Å²) in [5.41, 5.74) is 0.874. The van der Waals surface area contributed by atoms with Crippen LogP contribution in [0.3, 0.4) is 0 Å². The van der Waals surface area contributed by atoms with Crippen LogP contribution in [0, 0.1) is 0 Å². The van der Waals surface area contributed by atoms with E-state index in [0.717, 1.165) is 17.4 Å². The molecule has 1 aromatic rings. The van der Waals surface area contributed by atoms with Crippen molar-refractivity contribution in [2.75, 3.05) is 31.9 Å². The van der Waals surface area contributed by atoms with E-state index < -0.39 is 44.7 Å². The van der Waals surface area contributed by atoms with Gasteiger partial charge in [0.2, 0.25) is 0 Å². The quantitative estimate of drug-likeness (QED) is 0.0578. The van der Waals surface area contributed by atoms with Crippen LogP contribution in [0.2, 0.25) is 0 Å². The molecule has 1 aromatic heterocycles. The Morgan fingerprint density at radius 2 is 1.45 bits per heavy atom. The SMILES string of the molecule is CCCCCCCCCCCCCCCCOCCCOP(=O)(O)OC[C@H]1O[C@@H](n2ccc(NO)nc2=O)[C@@H](O)[C@H]1O. The first-order valence-electron chi connectivity index (χ1n) is 15.5. The van der Waals surface area contributed by atoms with E-state index in [0.29, 0.717) is 19.6 Å².